The zero-order valence-electron chi connectivity index (χ0n) is 51.0. The summed E-state index contributed by atoms with van der Waals surface area (Å²) in [4.78, 5) is 0. The summed E-state index contributed by atoms with van der Waals surface area (Å²) >= 11 is 0. The lowest BCUT2D eigenvalue weighted by molar-refractivity contribution is 0.399. The first kappa shape index (κ1) is 57.0. The molecule has 0 radical (unpaired) electrons. The van der Waals surface area contributed by atoms with Gasteiger partial charge in [0, 0.05) is 33.6 Å². The number of benzene rings is 10. The summed E-state index contributed by atoms with van der Waals surface area (Å²) in [5.41, 5.74) is 21.5. The molecule has 0 heterocycles. The number of anilines is 4. The highest BCUT2D eigenvalue weighted by atomic mass is 14.9. The minimum atomic E-state index is 0.0681. The molecule has 2 heteroatoms. The maximum atomic E-state index is 3.87. The largest absolute Gasteiger partial charge is 0.356 e. The Labute approximate surface area is 503 Å². The maximum absolute atomic E-state index is 3.87. The molecule has 0 bridgehead atoms. The Balaban J connectivity index is 0.778. The van der Waals surface area contributed by atoms with Crippen LogP contribution in [0.15, 0.2) is 194 Å². The quantitative estimate of drug-likeness (QED) is 0.0377. The normalized spacial score (nSPS) is 14.7. The van der Waals surface area contributed by atoms with Crippen molar-refractivity contribution >= 4 is 55.1 Å². The van der Waals surface area contributed by atoms with Gasteiger partial charge in [-0.25, -0.2) is 0 Å². The van der Waals surface area contributed by atoms with Gasteiger partial charge in [0.1, 0.15) is 0 Å². The van der Waals surface area contributed by atoms with Gasteiger partial charge in [-0.15, -0.1) is 0 Å². The van der Waals surface area contributed by atoms with E-state index in [0.717, 1.165) is 11.4 Å². The molecule has 0 fully saturated rings. The van der Waals surface area contributed by atoms with E-state index in [-0.39, 0.29) is 10.8 Å². The van der Waals surface area contributed by atoms with Crippen molar-refractivity contribution in [1.82, 2.24) is 0 Å². The number of rotatable bonds is 28. The van der Waals surface area contributed by atoms with Crippen molar-refractivity contribution in [2.45, 2.75) is 180 Å². The number of unbranched alkanes of at least 4 members (excludes halogenated alkanes) is 14. The Morgan fingerprint density at radius 1 is 0.238 bits per heavy atom. The molecule has 0 saturated carbocycles. The topological polar surface area (TPSA) is 24.1 Å². The van der Waals surface area contributed by atoms with E-state index in [9.17, 15) is 0 Å². The Morgan fingerprint density at radius 3 is 0.952 bits per heavy atom. The van der Waals surface area contributed by atoms with E-state index in [0.29, 0.717) is 0 Å². The minimum absolute atomic E-state index is 0.0681. The van der Waals surface area contributed by atoms with Crippen LogP contribution >= 0.6 is 0 Å². The number of nitrogens with one attached hydrogen (secondary N) is 2. The standard InChI is InChI=1S/C82H90N2/c1-5-9-13-17-18-28-54-82(53-27-16-12-8-4)78-34-24-22-32-72(78)74-50-46-66(58-80(74)82)84-64-43-37-60(38-44-64)62-40-48-70-69-47-39-61(55-75(69)67-29-19-20-30-68(67)76(70)56-62)59-35-41-63(42-36-59)83-65-45-49-73-71-31-21-23-33-77(71)81(79(73)57-65,51-25-14-10-6-2)52-26-15-11-7-3/h19-24,29-50,55-58,83-84H,5-18,25-28,51-54H2,1-4H3. The molecule has 2 N–H and O–H groups in total. The molecule has 428 valence electrons. The van der Waals surface area contributed by atoms with Crippen LogP contribution in [-0.2, 0) is 10.8 Å². The fraction of sp³-hybridized carbons (Fsp3) is 0.341. The lowest BCUT2D eigenvalue weighted by Gasteiger charge is -2.33. The molecule has 0 amide bonds. The summed E-state index contributed by atoms with van der Waals surface area (Å²) in [5.74, 6) is 0. The third-order valence-electron chi connectivity index (χ3n) is 19.7. The summed E-state index contributed by atoms with van der Waals surface area (Å²) in [6, 6.07) is 74.5. The summed E-state index contributed by atoms with van der Waals surface area (Å²) < 4.78 is 0. The number of hydrogen-bond acceptors (Lipinski definition) is 2. The zero-order valence-corrected chi connectivity index (χ0v) is 51.0. The van der Waals surface area contributed by atoms with Crippen molar-refractivity contribution in [3.63, 3.8) is 0 Å². The van der Waals surface area contributed by atoms with Gasteiger partial charge in [-0.05, 0) is 185 Å². The smallest absolute Gasteiger partial charge is 0.0387 e. The van der Waals surface area contributed by atoms with Crippen molar-refractivity contribution < 1.29 is 0 Å². The maximum Gasteiger partial charge on any atom is 0.0387 e. The molecule has 12 rings (SSSR count). The van der Waals surface area contributed by atoms with Crippen LogP contribution in [0.3, 0.4) is 0 Å². The lowest BCUT2D eigenvalue weighted by atomic mass is 9.70. The van der Waals surface area contributed by atoms with E-state index in [1.54, 1.807) is 11.1 Å². The van der Waals surface area contributed by atoms with Crippen LogP contribution in [0.5, 0.6) is 0 Å². The van der Waals surface area contributed by atoms with Crippen molar-refractivity contribution in [3.05, 3.63) is 216 Å². The second-order valence-corrected chi connectivity index (χ2v) is 25.2. The third kappa shape index (κ3) is 11.5. The van der Waals surface area contributed by atoms with Gasteiger partial charge in [-0.3, -0.25) is 0 Å². The monoisotopic (exact) mass is 1100 g/mol. The van der Waals surface area contributed by atoms with Crippen LogP contribution in [0, 0.1) is 0 Å². The summed E-state index contributed by atoms with van der Waals surface area (Å²) in [6.07, 6.45) is 28.4. The van der Waals surface area contributed by atoms with Crippen molar-refractivity contribution in [2.24, 2.45) is 0 Å². The fourth-order valence-corrected chi connectivity index (χ4v) is 15.3. The van der Waals surface area contributed by atoms with E-state index in [2.05, 4.69) is 232 Å². The molecule has 84 heavy (non-hydrogen) atoms. The molecule has 0 aliphatic heterocycles. The summed E-state index contributed by atoms with van der Waals surface area (Å²) in [6.45, 7) is 9.29. The van der Waals surface area contributed by atoms with Crippen LogP contribution in [0.1, 0.15) is 191 Å². The lowest BCUT2D eigenvalue weighted by Crippen LogP contribution is -2.25. The second kappa shape index (κ2) is 26.2. The van der Waals surface area contributed by atoms with Gasteiger partial charge >= 0.3 is 0 Å². The Bertz CT molecular complexity index is 3830. The van der Waals surface area contributed by atoms with Crippen LogP contribution < -0.4 is 10.6 Å². The van der Waals surface area contributed by atoms with E-state index in [1.807, 2.05) is 0 Å². The average Bonchev–Trinajstić information content (AvgIpc) is 2.32. The van der Waals surface area contributed by atoms with Crippen LogP contribution in [0.2, 0.25) is 0 Å². The fourth-order valence-electron chi connectivity index (χ4n) is 15.3. The van der Waals surface area contributed by atoms with Gasteiger partial charge in [-0.1, -0.05) is 277 Å². The predicted molar refractivity (Wildman–Crippen MR) is 366 cm³/mol. The molecule has 1 unspecified atom stereocenters. The van der Waals surface area contributed by atoms with Gasteiger partial charge in [0.2, 0.25) is 0 Å². The van der Waals surface area contributed by atoms with Crippen LogP contribution in [0.4, 0.5) is 22.7 Å². The minimum Gasteiger partial charge on any atom is -0.356 e. The van der Waals surface area contributed by atoms with Gasteiger partial charge < -0.3 is 10.6 Å². The van der Waals surface area contributed by atoms with E-state index < -0.39 is 0 Å². The van der Waals surface area contributed by atoms with Gasteiger partial charge in [-0.2, -0.15) is 0 Å². The first-order valence-electron chi connectivity index (χ1n) is 33.1. The van der Waals surface area contributed by atoms with Crippen LogP contribution in [0.25, 0.3) is 76.8 Å². The SMILES string of the molecule is CCCCCCCCC1(CCCCCC)c2ccccc2-c2ccc(Nc3ccc(-c4ccc5c6ccc(-c7ccc(Nc8ccc9c(c8)C(CCCCCC)(CCCCCC)c8ccccc8-9)cc7)cc6c6ccccc6c5c4)cc3)cc21. The number of fused-ring (bicyclic) bond motifs is 12. The van der Waals surface area contributed by atoms with Crippen molar-refractivity contribution in [2.75, 3.05) is 10.6 Å². The van der Waals surface area contributed by atoms with Gasteiger partial charge in [0.25, 0.3) is 0 Å². The second-order valence-electron chi connectivity index (χ2n) is 25.2. The molecule has 10 aromatic carbocycles. The van der Waals surface area contributed by atoms with Crippen LogP contribution in [-0.4, -0.2) is 0 Å². The molecule has 10 aromatic rings. The average molecular weight is 1100 g/mol. The molecule has 1 atom stereocenters. The van der Waals surface area contributed by atoms with Crippen molar-refractivity contribution in [1.29, 1.82) is 0 Å². The Hall–Kier alpha value is -7.42. The Kier molecular flexibility index (Phi) is 17.8. The molecule has 0 spiro atoms. The number of hydrogen-bond donors (Lipinski definition) is 2. The third-order valence-corrected chi connectivity index (χ3v) is 19.7. The predicted octanol–water partition coefficient (Wildman–Crippen LogP) is 25.2. The van der Waals surface area contributed by atoms with Gasteiger partial charge in [0.15, 0.2) is 0 Å². The highest BCUT2D eigenvalue weighted by Crippen LogP contribution is 2.57. The zero-order chi connectivity index (χ0) is 57.3. The molecular formula is C82H90N2. The highest BCUT2D eigenvalue weighted by Gasteiger charge is 2.43. The molecule has 2 aliphatic carbocycles. The van der Waals surface area contributed by atoms with E-state index >= 15 is 0 Å². The summed E-state index contributed by atoms with van der Waals surface area (Å²) in [7, 11) is 0. The first-order valence-corrected chi connectivity index (χ1v) is 33.1. The Morgan fingerprint density at radius 2 is 0.548 bits per heavy atom. The molecular weight excluding hydrogens is 1010 g/mol. The molecule has 2 aliphatic rings. The highest BCUT2D eigenvalue weighted by molar-refractivity contribution is 6.26. The van der Waals surface area contributed by atoms with Gasteiger partial charge in [0.05, 0.1) is 0 Å². The summed E-state index contributed by atoms with van der Waals surface area (Å²) in [5, 5.41) is 15.5. The molecule has 0 aromatic heterocycles. The van der Waals surface area contributed by atoms with E-state index in [1.165, 1.54) is 241 Å². The first-order chi connectivity index (χ1) is 41.4. The van der Waals surface area contributed by atoms with Crippen molar-refractivity contribution in [3.8, 4) is 44.5 Å². The van der Waals surface area contributed by atoms with E-state index in [4.69, 9.17) is 0 Å². The molecule has 2 nitrogen and oxygen atoms in total. The molecule has 0 saturated heterocycles.